The molecule has 3 aliphatic rings. The zero-order valence-electron chi connectivity index (χ0n) is 17.7. The first-order valence-corrected chi connectivity index (χ1v) is 11.0. The fourth-order valence-corrected chi connectivity index (χ4v) is 4.62. The molecule has 2 N–H and O–H groups in total. The third-order valence-corrected chi connectivity index (χ3v) is 6.68. The Balaban J connectivity index is 0.00000280. The van der Waals surface area contributed by atoms with E-state index >= 15 is 0 Å². The number of ether oxygens (including phenoxy) is 2. The minimum atomic E-state index is -0.210. The highest BCUT2D eigenvalue weighted by molar-refractivity contribution is 14.0. The van der Waals surface area contributed by atoms with Crippen LogP contribution in [0, 0.1) is 5.41 Å². The Morgan fingerprint density at radius 1 is 1.18 bits per heavy atom. The molecule has 0 aromatic carbocycles. The van der Waals surface area contributed by atoms with E-state index in [1.807, 2.05) is 7.05 Å². The molecule has 0 aromatic heterocycles. The summed E-state index contributed by atoms with van der Waals surface area (Å²) in [4.78, 5) is 6.81. The van der Waals surface area contributed by atoms with Crippen molar-refractivity contribution in [3.8, 4) is 0 Å². The zero-order chi connectivity index (χ0) is 19.1. The van der Waals surface area contributed by atoms with E-state index in [1.54, 1.807) is 0 Å². The Morgan fingerprint density at radius 3 is 2.57 bits per heavy atom. The van der Waals surface area contributed by atoms with Gasteiger partial charge in [0.2, 0.25) is 0 Å². The summed E-state index contributed by atoms with van der Waals surface area (Å²) < 4.78 is 11.9. The number of aliphatic imine (C=N–C) groups is 1. The predicted octanol–water partition coefficient (Wildman–Crippen LogP) is 3.17. The normalized spacial score (nSPS) is 32.7. The van der Waals surface area contributed by atoms with Crippen LogP contribution in [-0.2, 0) is 9.47 Å². The van der Waals surface area contributed by atoms with E-state index in [-0.39, 0.29) is 35.5 Å². The van der Waals surface area contributed by atoms with Gasteiger partial charge in [0.05, 0.1) is 24.9 Å². The quantitative estimate of drug-likeness (QED) is 0.339. The summed E-state index contributed by atoms with van der Waals surface area (Å²) in [6.45, 7) is 6.56. The van der Waals surface area contributed by atoms with E-state index in [0.717, 1.165) is 77.3 Å². The van der Waals surface area contributed by atoms with E-state index in [9.17, 15) is 5.11 Å². The fourth-order valence-electron chi connectivity index (χ4n) is 4.62. The van der Waals surface area contributed by atoms with Crippen LogP contribution in [-0.4, -0.2) is 74.2 Å². The number of piperidine rings is 1. The van der Waals surface area contributed by atoms with E-state index < -0.39 is 0 Å². The van der Waals surface area contributed by atoms with Crippen molar-refractivity contribution in [2.24, 2.45) is 10.4 Å². The molecule has 3 rings (SSSR count). The summed E-state index contributed by atoms with van der Waals surface area (Å²) in [6.07, 6.45) is 10.4. The maximum atomic E-state index is 10.4. The van der Waals surface area contributed by atoms with E-state index in [2.05, 4.69) is 22.1 Å². The summed E-state index contributed by atoms with van der Waals surface area (Å²) >= 11 is 0. The molecule has 0 radical (unpaired) electrons. The Labute approximate surface area is 187 Å². The first-order chi connectivity index (χ1) is 13.1. The number of guanidine groups is 1. The zero-order valence-corrected chi connectivity index (χ0v) is 20.0. The van der Waals surface area contributed by atoms with Gasteiger partial charge in [-0.15, -0.1) is 24.0 Å². The molecule has 2 heterocycles. The fraction of sp³-hybridized carbons (Fsp3) is 0.952. The first-order valence-electron chi connectivity index (χ1n) is 11.0. The van der Waals surface area contributed by atoms with Crippen LogP contribution in [0.4, 0.5) is 0 Å². The van der Waals surface area contributed by atoms with Crippen LogP contribution in [0.2, 0.25) is 0 Å². The van der Waals surface area contributed by atoms with Gasteiger partial charge in [0.15, 0.2) is 5.96 Å². The number of rotatable bonds is 5. The molecule has 2 saturated heterocycles. The average Bonchev–Trinajstić information content (AvgIpc) is 2.71. The number of likely N-dealkylation sites (tertiary alicyclic amines) is 1. The second-order valence-corrected chi connectivity index (χ2v) is 8.82. The maximum absolute atomic E-state index is 10.4. The highest BCUT2D eigenvalue weighted by Gasteiger charge is 2.36. The van der Waals surface area contributed by atoms with Gasteiger partial charge in [-0.1, -0.05) is 19.8 Å². The molecule has 2 aliphatic heterocycles. The lowest BCUT2D eigenvalue weighted by molar-refractivity contribution is -0.0721. The van der Waals surface area contributed by atoms with E-state index in [1.165, 1.54) is 19.3 Å². The second-order valence-electron chi connectivity index (χ2n) is 8.82. The van der Waals surface area contributed by atoms with Crippen molar-refractivity contribution in [2.75, 3.05) is 39.9 Å². The van der Waals surface area contributed by atoms with Gasteiger partial charge in [-0.3, -0.25) is 4.99 Å². The molecule has 28 heavy (non-hydrogen) atoms. The monoisotopic (exact) mass is 509 g/mol. The molecule has 3 fully saturated rings. The number of nitrogens with one attached hydrogen (secondary N) is 1. The Bertz CT molecular complexity index is 480. The third kappa shape index (κ3) is 6.71. The van der Waals surface area contributed by atoms with Crippen molar-refractivity contribution in [1.82, 2.24) is 10.2 Å². The molecule has 3 unspecified atom stereocenters. The average molecular weight is 509 g/mol. The molecule has 3 atom stereocenters. The largest absolute Gasteiger partial charge is 0.392 e. The number of hydrogen-bond donors (Lipinski definition) is 2. The molecule has 1 aliphatic carbocycles. The van der Waals surface area contributed by atoms with Crippen LogP contribution in [0.5, 0.6) is 0 Å². The lowest BCUT2D eigenvalue weighted by Crippen LogP contribution is -2.51. The van der Waals surface area contributed by atoms with Crippen LogP contribution in [0.25, 0.3) is 0 Å². The van der Waals surface area contributed by atoms with Crippen LogP contribution in [0.3, 0.4) is 0 Å². The van der Waals surface area contributed by atoms with Crippen LogP contribution in [0.1, 0.15) is 64.7 Å². The molecule has 0 amide bonds. The topological polar surface area (TPSA) is 66.3 Å². The molecule has 0 spiro atoms. The Hall–Kier alpha value is -0.120. The standard InChI is InChI=1S/C21H39N3O3.HI/c1-21(11-5-3-8-19(21)25)16-23-20(22-2)24-12-9-17(10-13-24)27-15-18-7-4-6-14-26-18;/h17-19,25H,3-16H2,1-2H3,(H,22,23);1H. The Morgan fingerprint density at radius 2 is 1.93 bits per heavy atom. The smallest absolute Gasteiger partial charge is 0.193 e. The molecule has 164 valence electrons. The number of aliphatic hydroxyl groups is 1. The molecule has 0 aromatic rings. The van der Waals surface area contributed by atoms with Gasteiger partial charge in [0.25, 0.3) is 0 Å². The third-order valence-electron chi connectivity index (χ3n) is 6.68. The van der Waals surface area contributed by atoms with Gasteiger partial charge in [0.1, 0.15) is 0 Å². The van der Waals surface area contributed by atoms with Crippen molar-refractivity contribution in [3.05, 3.63) is 0 Å². The summed E-state index contributed by atoms with van der Waals surface area (Å²) in [5.74, 6) is 0.961. The van der Waals surface area contributed by atoms with Gasteiger partial charge < -0.3 is 24.8 Å². The first kappa shape index (κ1) is 24.2. The highest BCUT2D eigenvalue weighted by Crippen LogP contribution is 2.35. The minimum absolute atomic E-state index is 0. The molecule has 1 saturated carbocycles. The summed E-state index contributed by atoms with van der Waals surface area (Å²) in [6, 6.07) is 0. The second kappa shape index (κ2) is 11.9. The van der Waals surface area contributed by atoms with E-state index in [0.29, 0.717) is 12.2 Å². The van der Waals surface area contributed by atoms with Crippen molar-refractivity contribution >= 4 is 29.9 Å². The van der Waals surface area contributed by atoms with Crippen LogP contribution < -0.4 is 5.32 Å². The lowest BCUT2D eigenvalue weighted by atomic mass is 9.73. The van der Waals surface area contributed by atoms with E-state index in [4.69, 9.17) is 9.47 Å². The number of nitrogens with zero attached hydrogens (tertiary/aromatic N) is 2. The van der Waals surface area contributed by atoms with Crippen molar-refractivity contribution < 1.29 is 14.6 Å². The minimum Gasteiger partial charge on any atom is -0.392 e. The molecule has 6 nitrogen and oxygen atoms in total. The van der Waals surface area contributed by atoms with Crippen molar-refractivity contribution in [2.45, 2.75) is 83.0 Å². The number of aliphatic hydroxyl groups excluding tert-OH is 1. The van der Waals surface area contributed by atoms with Crippen LogP contribution in [0.15, 0.2) is 4.99 Å². The SMILES string of the molecule is CN=C(NCC1(C)CCCCC1O)N1CCC(OCC2CCCCO2)CC1.I. The van der Waals surface area contributed by atoms with Gasteiger partial charge in [-0.05, 0) is 44.9 Å². The summed E-state index contributed by atoms with van der Waals surface area (Å²) in [7, 11) is 1.85. The van der Waals surface area contributed by atoms with Gasteiger partial charge >= 0.3 is 0 Å². The predicted molar refractivity (Wildman–Crippen MR) is 123 cm³/mol. The van der Waals surface area contributed by atoms with Gasteiger partial charge in [0, 0.05) is 38.7 Å². The van der Waals surface area contributed by atoms with Crippen LogP contribution >= 0.6 is 24.0 Å². The molecular weight excluding hydrogens is 469 g/mol. The summed E-state index contributed by atoms with van der Waals surface area (Å²) in [5.41, 5.74) is -0.0460. The summed E-state index contributed by atoms with van der Waals surface area (Å²) in [5, 5.41) is 13.9. The van der Waals surface area contributed by atoms with Gasteiger partial charge in [-0.25, -0.2) is 0 Å². The lowest BCUT2D eigenvalue weighted by Gasteiger charge is -2.40. The Kier molecular flexibility index (Phi) is 10.3. The molecule has 0 bridgehead atoms. The highest BCUT2D eigenvalue weighted by atomic mass is 127. The molecular formula is C21H40IN3O3. The van der Waals surface area contributed by atoms with Gasteiger partial charge in [-0.2, -0.15) is 0 Å². The number of halogens is 1. The molecule has 7 heteroatoms. The maximum Gasteiger partial charge on any atom is 0.193 e. The van der Waals surface area contributed by atoms with Crippen molar-refractivity contribution in [1.29, 1.82) is 0 Å². The number of hydrogen-bond acceptors (Lipinski definition) is 4. The van der Waals surface area contributed by atoms with Crippen molar-refractivity contribution in [3.63, 3.8) is 0 Å².